The van der Waals surface area contributed by atoms with Crippen molar-refractivity contribution in [1.29, 1.82) is 0 Å². The maximum atomic E-state index is 10.8. The molecule has 1 N–H and O–H groups in total. The van der Waals surface area contributed by atoms with Crippen LogP contribution in [0.1, 0.15) is 27.2 Å². The van der Waals surface area contributed by atoms with Crippen LogP contribution in [0.15, 0.2) is 0 Å². The van der Waals surface area contributed by atoms with Crippen LogP contribution in [0.3, 0.4) is 0 Å². The Labute approximate surface area is 68.6 Å². The zero-order chi connectivity index (χ0) is 8.85. The van der Waals surface area contributed by atoms with Crippen LogP contribution in [0.4, 0.5) is 0 Å². The van der Waals surface area contributed by atoms with E-state index in [0.717, 1.165) is 6.42 Å². The Bertz CT molecular complexity index is 125. The Kier molecular flexibility index (Phi) is 5.65. The third-order valence-electron chi connectivity index (χ3n) is 1.51. The molecule has 0 radical (unpaired) electrons. The van der Waals surface area contributed by atoms with Crippen molar-refractivity contribution in [1.82, 2.24) is 0 Å². The van der Waals surface area contributed by atoms with Crippen LogP contribution in [0, 0.1) is 5.92 Å². The van der Waals surface area contributed by atoms with E-state index in [-0.39, 0.29) is 12.5 Å². The van der Waals surface area contributed by atoms with Gasteiger partial charge in [0.15, 0.2) is 0 Å². The van der Waals surface area contributed by atoms with Gasteiger partial charge in [-0.2, -0.15) is 0 Å². The van der Waals surface area contributed by atoms with Crippen molar-refractivity contribution in [3.05, 3.63) is 0 Å². The molecule has 0 fully saturated rings. The van der Waals surface area contributed by atoms with Gasteiger partial charge in [-0.15, -0.1) is 4.52 Å². The van der Waals surface area contributed by atoms with Gasteiger partial charge in [0, 0.05) is 0 Å². The van der Waals surface area contributed by atoms with Crippen LogP contribution < -0.4 is 0 Å². The molecule has 0 aromatic rings. The summed E-state index contributed by atoms with van der Waals surface area (Å²) in [5.41, 5.74) is 0. The zero-order valence-corrected chi connectivity index (χ0v) is 8.17. The van der Waals surface area contributed by atoms with Gasteiger partial charge in [0.1, 0.15) is 6.10 Å². The maximum Gasteiger partial charge on any atom is 0.537 e. The minimum absolute atomic E-state index is 0.00533. The lowest BCUT2D eigenvalue weighted by atomic mass is 10.1. The number of aliphatic hydroxyl groups excluding tert-OH is 1. The summed E-state index contributed by atoms with van der Waals surface area (Å²) in [7, 11) is -1.85. The molecule has 0 amide bonds. The van der Waals surface area contributed by atoms with Gasteiger partial charge in [-0.1, -0.05) is 20.8 Å². The van der Waals surface area contributed by atoms with Crippen LogP contribution in [0.5, 0.6) is 0 Å². The second-order valence-electron chi connectivity index (χ2n) is 2.77. The minimum atomic E-state index is -1.85. The standard InChI is InChI=1S/C7H16O3P/c1-4-7(6(2)3)10-11(9)5-8/h6-8H,4-5H2,1-3H3/q+1. The predicted molar refractivity (Wildman–Crippen MR) is 44.7 cm³/mol. The largest absolute Gasteiger partial charge is 0.537 e. The lowest BCUT2D eigenvalue weighted by molar-refractivity contribution is 0.151. The Morgan fingerprint density at radius 3 is 2.36 bits per heavy atom. The van der Waals surface area contributed by atoms with E-state index in [1.54, 1.807) is 0 Å². The monoisotopic (exact) mass is 179 g/mol. The molecule has 0 aliphatic heterocycles. The molecule has 0 saturated carbocycles. The Morgan fingerprint density at radius 1 is 1.55 bits per heavy atom. The van der Waals surface area contributed by atoms with Crippen LogP contribution in [0.2, 0.25) is 0 Å². The molecule has 0 aromatic carbocycles. The molecule has 0 aliphatic carbocycles. The first-order valence-corrected chi connectivity index (χ1v) is 5.20. The highest BCUT2D eigenvalue weighted by atomic mass is 31.1. The molecular weight excluding hydrogens is 163 g/mol. The minimum Gasteiger partial charge on any atom is -0.351 e. The molecule has 0 saturated heterocycles. The summed E-state index contributed by atoms with van der Waals surface area (Å²) in [5.74, 6) is 0.352. The lowest BCUT2D eigenvalue weighted by Gasteiger charge is -2.11. The summed E-state index contributed by atoms with van der Waals surface area (Å²) < 4.78 is 15.8. The molecule has 11 heavy (non-hydrogen) atoms. The third kappa shape index (κ3) is 4.46. The highest BCUT2D eigenvalue weighted by Gasteiger charge is 2.24. The summed E-state index contributed by atoms with van der Waals surface area (Å²) in [4.78, 5) is 0. The number of hydrogen-bond acceptors (Lipinski definition) is 3. The van der Waals surface area contributed by atoms with Crippen molar-refractivity contribution in [3.63, 3.8) is 0 Å². The van der Waals surface area contributed by atoms with Crippen molar-refractivity contribution in [2.75, 3.05) is 6.35 Å². The van der Waals surface area contributed by atoms with Crippen LogP contribution >= 0.6 is 8.03 Å². The topological polar surface area (TPSA) is 46.5 Å². The van der Waals surface area contributed by atoms with Crippen molar-refractivity contribution in [3.8, 4) is 0 Å². The molecule has 0 bridgehead atoms. The van der Waals surface area contributed by atoms with E-state index in [2.05, 4.69) is 0 Å². The predicted octanol–water partition coefficient (Wildman–Crippen LogP) is 2.13. The SMILES string of the molecule is CCC(O[P+](=O)CO)C(C)C. The summed E-state index contributed by atoms with van der Waals surface area (Å²) in [5, 5.41) is 8.45. The van der Waals surface area contributed by atoms with E-state index < -0.39 is 8.03 Å². The van der Waals surface area contributed by atoms with E-state index in [4.69, 9.17) is 9.63 Å². The van der Waals surface area contributed by atoms with Crippen LogP contribution in [-0.2, 0) is 9.09 Å². The molecule has 3 nitrogen and oxygen atoms in total. The van der Waals surface area contributed by atoms with Gasteiger partial charge in [-0.05, 0) is 16.9 Å². The van der Waals surface area contributed by atoms with E-state index >= 15 is 0 Å². The molecule has 0 aromatic heterocycles. The number of rotatable bonds is 5. The fourth-order valence-electron chi connectivity index (χ4n) is 0.852. The van der Waals surface area contributed by atoms with Crippen LogP contribution in [-0.4, -0.2) is 17.6 Å². The molecule has 0 spiro atoms. The average Bonchev–Trinajstić information content (AvgIpc) is 1.99. The van der Waals surface area contributed by atoms with Gasteiger partial charge >= 0.3 is 8.03 Å². The van der Waals surface area contributed by atoms with Gasteiger partial charge in [-0.3, -0.25) is 0 Å². The molecule has 0 rings (SSSR count). The van der Waals surface area contributed by atoms with Gasteiger partial charge in [0.25, 0.3) is 6.35 Å². The summed E-state index contributed by atoms with van der Waals surface area (Å²) in [6.07, 6.45) is 0.461. The van der Waals surface area contributed by atoms with Gasteiger partial charge in [-0.25, -0.2) is 0 Å². The van der Waals surface area contributed by atoms with E-state index in [9.17, 15) is 4.57 Å². The van der Waals surface area contributed by atoms with E-state index in [1.165, 1.54) is 0 Å². The molecule has 66 valence electrons. The smallest absolute Gasteiger partial charge is 0.351 e. The first kappa shape index (κ1) is 11.0. The van der Waals surface area contributed by atoms with E-state index in [0.29, 0.717) is 5.92 Å². The van der Waals surface area contributed by atoms with Crippen molar-refractivity contribution >= 4 is 8.03 Å². The molecule has 2 unspecified atom stereocenters. The normalized spacial score (nSPS) is 15.2. The molecule has 4 heteroatoms. The average molecular weight is 179 g/mol. The van der Waals surface area contributed by atoms with Crippen molar-refractivity contribution < 1.29 is 14.2 Å². The lowest BCUT2D eigenvalue weighted by Crippen LogP contribution is -2.15. The summed E-state index contributed by atoms with van der Waals surface area (Å²) in [6, 6.07) is 0. The summed E-state index contributed by atoms with van der Waals surface area (Å²) >= 11 is 0. The fourth-order valence-corrected chi connectivity index (χ4v) is 1.61. The zero-order valence-electron chi connectivity index (χ0n) is 7.28. The summed E-state index contributed by atoms with van der Waals surface area (Å²) in [6.45, 7) is 5.99. The second-order valence-corrected chi connectivity index (χ2v) is 3.93. The number of aliphatic hydroxyl groups is 1. The molecule has 0 aliphatic rings. The Hall–Kier alpha value is 0.0200. The fraction of sp³-hybridized carbons (Fsp3) is 1.00. The van der Waals surface area contributed by atoms with Gasteiger partial charge in [0.05, 0.1) is 0 Å². The van der Waals surface area contributed by atoms with Crippen LogP contribution in [0.25, 0.3) is 0 Å². The highest BCUT2D eigenvalue weighted by molar-refractivity contribution is 7.38. The molecule has 0 heterocycles. The van der Waals surface area contributed by atoms with Crippen molar-refractivity contribution in [2.24, 2.45) is 5.92 Å². The first-order chi connectivity index (χ1) is 5.11. The third-order valence-corrected chi connectivity index (χ3v) is 2.25. The second kappa shape index (κ2) is 5.64. The Morgan fingerprint density at radius 2 is 2.09 bits per heavy atom. The van der Waals surface area contributed by atoms with Gasteiger partial charge in [0.2, 0.25) is 0 Å². The molecular formula is C7H16O3P+. The highest BCUT2D eigenvalue weighted by Crippen LogP contribution is 2.27. The maximum absolute atomic E-state index is 10.8. The Balaban J connectivity index is 3.78. The quantitative estimate of drug-likeness (QED) is 0.657. The van der Waals surface area contributed by atoms with Crippen molar-refractivity contribution in [2.45, 2.75) is 33.3 Å². The van der Waals surface area contributed by atoms with Gasteiger partial charge < -0.3 is 5.11 Å². The number of hydrogen-bond donors (Lipinski definition) is 1. The van der Waals surface area contributed by atoms with E-state index in [1.807, 2.05) is 20.8 Å². The molecule has 2 atom stereocenters. The first-order valence-electron chi connectivity index (χ1n) is 3.84.